The second-order valence-electron chi connectivity index (χ2n) is 4.51. The molecular weight excluding hydrogens is 196 g/mol. The van der Waals surface area contributed by atoms with Crippen LogP contribution >= 0.6 is 0 Å². The number of ether oxygens (including phenoxy) is 2. The zero-order valence-electron chi connectivity index (χ0n) is 9.82. The summed E-state index contributed by atoms with van der Waals surface area (Å²) >= 11 is 0. The third kappa shape index (κ3) is 2.69. The molecule has 1 N–H and O–H groups in total. The zero-order valence-corrected chi connectivity index (χ0v) is 9.82. The van der Waals surface area contributed by atoms with Crippen molar-refractivity contribution in [2.24, 2.45) is 5.92 Å². The van der Waals surface area contributed by atoms with E-state index >= 15 is 0 Å². The summed E-state index contributed by atoms with van der Waals surface area (Å²) < 4.78 is 10.2. The van der Waals surface area contributed by atoms with E-state index in [1.54, 1.807) is 6.92 Å². The summed E-state index contributed by atoms with van der Waals surface area (Å²) in [5.74, 6) is -0.866. The minimum absolute atomic E-state index is 0.0224. The number of carbonyl (C=O) groups is 1. The topological polar surface area (TPSA) is 55.8 Å². The predicted octanol–water partition coefficient (Wildman–Crippen LogP) is 1.11. The minimum atomic E-state index is -0.996. The Morgan fingerprint density at radius 1 is 1.47 bits per heavy atom. The molecule has 4 nitrogen and oxygen atoms in total. The first-order chi connectivity index (χ1) is 6.89. The predicted molar refractivity (Wildman–Crippen MR) is 55.4 cm³/mol. The third-order valence-electron chi connectivity index (χ3n) is 3.11. The maximum Gasteiger partial charge on any atom is 0.311 e. The van der Waals surface area contributed by atoms with E-state index in [2.05, 4.69) is 4.74 Å². The molecule has 0 bridgehead atoms. The van der Waals surface area contributed by atoms with Crippen molar-refractivity contribution >= 4 is 5.97 Å². The summed E-state index contributed by atoms with van der Waals surface area (Å²) in [7, 11) is 1.34. The van der Waals surface area contributed by atoms with E-state index in [4.69, 9.17) is 4.74 Å². The van der Waals surface area contributed by atoms with Gasteiger partial charge in [0.1, 0.15) is 0 Å². The molecule has 4 heteroatoms. The smallest absolute Gasteiger partial charge is 0.311 e. The lowest BCUT2D eigenvalue weighted by molar-refractivity contribution is -0.176. The second-order valence-corrected chi connectivity index (χ2v) is 4.51. The van der Waals surface area contributed by atoms with Crippen LogP contribution in [0.3, 0.4) is 0 Å². The first kappa shape index (κ1) is 12.5. The SMILES string of the molecule is COC(=O)C(C)C1(O)CC(C)OC(C)C1. The molecule has 1 saturated heterocycles. The van der Waals surface area contributed by atoms with Gasteiger partial charge >= 0.3 is 5.97 Å². The lowest BCUT2D eigenvalue weighted by Crippen LogP contribution is -2.50. The fraction of sp³-hybridized carbons (Fsp3) is 0.909. The van der Waals surface area contributed by atoms with Gasteiger partial charge < -0.3 is 14.6 Å². The molecule has 0 radical (unpaired) electrons. The number of rotatable bonds is 2. The summed E-state index contributed by atoms with van der Waals surface area (Å²) in [6.07, 6.45) is 0.915. The normalized spacial score (nSPS) is 38.5. The average molecular weight is 216 g/mol. The van der Waals surface area contributed by atoms with E-state index in [-0.39, 0.29) is 18.2 Å². The molecule has 0 saturated carbocycles. The van der Waals surface area contributed by atoms with E-state index in [1.165, 1.54) is 7.11 Å². The van der Waals surface area contributed by atoms with Crippen LogP contribution in [0.25, 0.3) is 0 Å². The van der Waals surface area contributed by atoms with Crippen LogP contribution in [0, 0.1) is 5.92 Å². The average Bonchev–Trinajstić information content (AvgIpc) is 2.13. The number of hydrogen-bond donors (Lipinski definition) is 1. The van der Waals surface area contributed by atoms with Crippen LogP contribution in [0.2, 0.25) is 0 Å². The molecule has 3 atom stereocenters. The van der Waals surface area contributed by atoms with Gasteiger partial charge in [0.25, 0.3) is 0 Å². The number of hydrogen-bond acceptors (Lipinski definition) is 4. The van der Waals surface area contributed by atoms with Crippen LogP contribution in [-0.4, -0.2) is 36.0 Å². The van der Waals surface area contributed by atoms with Crippen LogP contribution in [-0.2, 0) is 14.3 Å². The fourth-order valence-corrected chi connectivity index (χ4v) is 2.32. The van der Waals surface area contributed by atoms with Crippen molar-refractivity contribution in [2.75, 3.05) is 7.11 Å². The number of aliphatic hydroxyl groups is 1. The van der Waals surface area contributed by atoms with Gasteiger partial charge in [-0.2, -0.15) is 0 Å². The quantitative estimate of drug-likeness (QED) is 0.703. The number of carbonyl (C=O) groups excluding carboxylic acids is 1. The zero-order chi connectivity index (χ0) is 11.6. The first-order valence-electron chi connectivity index (χ1n) is 5.34. The number of esters is 1. The van der Waals surface area contributed by atoms with Gasteiger partial charge in [0.2, 0.25) is 0 Å². The molecule has 0 aromatic heterocycles. The summed E-state index contributed by atoms with van der Waals surface area (Å²) in [5, 5.41) is 10.4. The lowest BCUT2D eigenvalue weighted by Gasteiger charge is -2.41. The summed E-state index contributed by atoms with van der Waals surface area (Å²) in [5.41, 5.74) is -0.996. The van der Waals surface area contributed by atoms with E-state index in [0.717, 1.165) is 0 Å². The Bertz CT molecular complexity index is 229. The van der Waals surface area contributed by atoms with E-state index in [9.17, 15) is 9.90 Å². The summed E-state index contributed by atoms with van der Waals surface area (Å²) in [4.78, 5) is 11.4. The third-order valence-corrected chi connectivity index (χ3v) is 3.11. The molecular formula is C11H20O4. The minimum Gasteiger partial charge on any atom is -0.469 e. The summed E-state index contributed by atoms with van der Waals surface area (Å²) in [6, 6.07) is 0. The lowest BCUT2D eigenvalue weighted by atomic mass is 9.78. The Kier molecular flexibility index (Phi) is 3.73. The van der Waals surface area contributed by atoms with E-state index < -0.39 is 11.5 Å². The molecule has 0 amide bonds. The Morgan fingerprint density at radius 2 is 1.93 bits per heavy atom. The van der Waals surface area contributed by atoms with Crippen molar-refractivity contribution in [1.29, 1.82) is 0 Å². The van der Waals surface area contributed by atoms with Crippen molar-refractivity contribution in [1.82, 2.24) is 0 Å². The first-order valence-corrected chi connectivity index (χ1v) is 5.34. The Hall–Kier alpha value is -0.610. The Labute approximate surface area is 90.6 Å². The van der Waals surface area contributed by atoms with Gasteiger partial charge in [-0.3, -0.25) is 4.79 Å². The largest absolute Gasteiger partial charge is 0.469 e. The van der Waals surface area contributed by atoms with E-state index in [1.807, 2.05) is 13.8 Å². The molecule has 0 spiro atoms. The highest BCUT2D eigenvalue weighted by Gasteiger charge is 2.44. The van der Waals surface area contributed by atoms with Crippen LogP contribution in [0.1, 0.15) is 33.6 Å². The standard InChI is InChI=1S/C11H20O4/c1-7-5-11(13,6-8(2)15-7)9(3)10(12)14-4/h7-9,13H,5-6H2,1-4H3. The molecule has 0 aliphatic carbocycles. The molecule has 88 valence electrons. The molecule has 1 aliphatic rings. The van der Waals surface area contributed by atoms with Gasteiger partial charge in [0.05, 0.1) is 30.8 Å². The maximum absolute atomic E-state index is 11.4. The van der Waals surface area contributed by atoms with Gasteiger partial charge in [0.15, 0.2) is 0 Å². The molecule has 0 aromatic carbocycles. The second kappa shape index (κ2) is 4.49. The van der Waals surface area contributed by atoms with Crippen LogP contribution in [0.5, 0.6) is 0 Å². The van der Waals surface area contributed by atoms with Crippen molar-refractivity contribution < 1.29 is 19.4 Å². The van der Waals surface area contributed by atoms with Gasteiger partial charge in [-0.25, -0.2) is 0 Å². The van der Waals surface area contributed by atoms with Gasteiger partial charge in [-0.1, -0.05) is 0 Å². The summed E-state index contributed by atoms with van der Waals surface area (Å²) in [6.45, 7) is 5.52. The van der Waals surface area contributed by atoms with E-state index in [0.29, 0.717) is 12.8 Å². The maximum atomic E-state index is 11.4. The Morgan fingerprint density at radius 3 is 2.33 bits per heavy atom. The van der Waals surface area contributed by atoms with Crippen LogP contribution in [0.15, 0.2) is 0 Å². The fourth-order valence-electron chi connectivity index (χ4n) is 2.32. The monoisotopic (exact) mass is 216 g/mol. The molecule has 0 aromatic rings. The molecule has 15 heavy (non-hydrogen) atoms. The molecule has 1 fully saturated rings. The van der Waals surface area contributed by atoms with Crippen molar-refractivity contribution in [2.45, 2.75) is 51.4 Å². The van der Waals surface area contributed by atoms with Gasteiger partial charge in [-0.05, 0) is 20.8 Å². The van der Waals surface area contributed by atoms with Crippen LogP contribution < -0.4 is 0 Å². The van der Waals surface area contributed by atoms with Crippen LogP contribution in [0.4, 0.5) is 0 Å². The van der Waals surface area contributed by atoms with Gasteiger partial charge in [-0.15, -0.1) is 0 Å². The van der Waals surface area contributed by atoms with Gasteiger partial charge in [0, 0.05) is 12.8 Å². The van der Waals surface area contributed by atoms with Crippen molar-refractivity contribution in [3.05, 3.63) is 0 Å². The molecule has 1 aliphatic heterocycles. The highest BCUT2D eigenvalue weighted by atomic mass is 16.5. The highest BCUT2D eigenvalue weighted by molar-refractivity contribution is 5.73. The van der Waals surface area contributed by atoms with Crippen molar-refractivity contribution in [3.8, 4) is 0 Å². The highest BCUT2D eigenvalue weighted by Crippen LogP contribution is 2.35. The Balaban J connectivity index is 2.76. The molecule has 1 rings (SSSR count). The molecule has 1 heterocycles. The van der Waals surface area contributed by atoms with Crippen molar-refractivity contribution in [3.63, 3.8) is 0 Å². The molecule has 3 unspecified atom stereocenters. The number of methoxy groups -OCH3 is 1.